The topological polar surface area (TPSA) is 100 Å². The number of sulfonamides is 1. The molecular weight excluding hydrogens is 462 g/mol. The molecule has 0 saturated carbocycles. The number of hydrogen-bond acceptors (Lipinski definition) is 6. The van der Waals surface area contributed by atoms with E-state index in [4.69, 9.17) is 16.3 Å². The fraction of sp³-hybridized carbons (Fsp3) is 0.625. The number of carbonyl (C=O) groups is 1. The van der Waals surface area contributed by atoms with E-state index in [1.807, 2.05) is 0 Å². The van der Waals surface area contributed by atoms with Crippen molar-refractivity contribution in [1.82, 2.24) is 14.2 Å². The van der Waals surface area contributed by atoms with E-state index in [1.165, 1.54) is 9.21 Å². The Morgan fingerprint density at radius 3 is 2.52 bits per heavy atom. The Labute approximate surface area is 172 Å². The number of aliphatic hydroxyl groups is 1. The molecule has 2 atom stereocenters. The zero-order valence-corrected chi connectivity index (χ0v) is 18.7. The molecule has 1 fully saturated rings. The Hall–Kier alpha value is -0.940. The van der Waals surface area contributed by atoms with Crippen molar-refractivity contribution in [2.75, 3.05) is 26.0 Å². The molecule has 0 bridgehead atoms. The Bertz CT molecular complexity index is 795. The molecule has 2 unspecified atom stereocenters. The lowest BCUT2D eigenvalue weighted by Gasteiger charge is -2.44. The van der Waals surface area contributed by atoms with Gasteiger partial charge < -0.3 is 9.84 Å². The maximum absolute atomic E-state index is 12.6. The molecular formula is C16H23BrClN3O5S. The number of piperazine rings is 1. The smallest absolute Gasteiger partial charge is 0.410 e. The molecule has 152 valence electrons. The van der Waals surface area contributed by atoms with Gasteiger partial charge in [-0.25, -0.2) is 18.2 Å². The average Bonchev–Trinajstić information content (AvgIpc) is 2.50. The van der Waals surface area contributed by atoms with Crippen molar-refractivity contribution < 1.29 is 23.1 Å². The molecule has 11 heteroatoms. The van der Waals surface area contributed by atoms with Crippen LogP contribution < -0.4 is 0 Å². The fourth-order valence-electron chi connectivity index (χ4n) is 2.87. The summed E-state index contributed by atoms with van der Waals surface area (Å²) in [5.41, 5.74) is -0.138. The minimum Gasteiger partial charge on any atom is -0.444 e. The lowest BCUT2D eigenvalue weighted by Crippen LogP contribution is -2.59. The third-order valence-corrected chi connectivity index (χ3v) is 5.84. The van der Waals surface area contributed by atoms with E-state index in [9.17, 15) is 18.3 Å². The van der Waals surface area contributed by atoms with Gasteiger partial charge in [0.15, 0.2) is 0 Å². The van der Waals surface area contributed by atoms with Gasteiger partial charge in [0, 0.05) is 13.1 Å². The zero-order chi connectivity index (χ0) is 20.6. The minimum absolute atomic E-state index is 0.0139. The Morgan fingerprint density at radius 1 is 1.41 bits per heavy atom. The number of aromatic nitrogens is 1. The highest BCUT2D eigenvalue weighted by Gasteiger charge is 2.42. The number of carbonyl (C=O) groups excluding carboxylic acids is 1. The number of rotatable bonds is 3. The second kappa shape index (κ2) is 8.20. The van der Waals surface area contributed by atoms with Gasteiger partial charge in [-0.3, -0.25) is 4.90 Å². The molecule has 1 aliphatic heterocycles. The van der Waals surface area contributed by atoms with Crippen molar-refractivity contribution in [1.29, 1.82) is 0 Å². The summed E-state index contributed by atoms with van der Waals surface area (Å²) in [5.74, 6) is 0. The number of pyridine rings is 1. The molecule has 1 saturated heterocycles. The molecule has 0 spiro atoms. The third-order valence-electron chi connectivity index (χ3n) is 3.98. The predicted octanol–water partition coefficient (Wildman–Crippen LogP) is 2.41. The molecule has 0 aliphatic carbocycles. The monoisotopic (exact) mass is 483 g/mol. The van der Waals surface area contributed by atoms with Gasteiger partial charge in [-0.15, -0.1) is 0 Å². The maximum Gasteiger partial charge on any atom is 0.410 e. The highest BCUT2D eigenvalue weighted by Crippen LogP contribution is 2.33. The van der Waals surface area contributed by atoms with Crippen molar-refractivity contribution in [2.45, 2.75) is 38.5 Å². The second-order valence-corrected chi connectivity index (χ2v) is 10.5. The zero-order valence-electron chi connectivity index (χ0n) is 15.5. The Kier molecular flexibility index (Phi) is 6.79. The number of aliphatic hydroxyl groups excluding tert-OH is 1. The molecule has 1 amide bonds. The van der Waals surface area contributed by atoms with Crippen molar-refractivity contribution in [3.63, 3.8) is 0 Å². The first-order chi connectivity index (χ1) is 12.3. The molecule has 0 radical (unpaired) electrons. The van der Waals surface area contributed by atoms with E-state index in [2.05, 4.69) is 20.9 Å². The average molecular weight is 485 g/mol. The van der Waals surface area contributed by atoms with E-state index >= 15 is 0 Å². The summed E-state index contributed by atoms with van der Waals surface area (Å²) in [4.78, 5) is 18.0. The van der Waals surface area contributed by atoms with Crippen LogP contribution in [0.15, 0.2) is 16.7 Å². The van der Waals surface area contributed by atoms with E-state index in [-0.39, 0.29) is 18.2 Å². The normalized spacial score (nSPS) is 22.0. The van der Waals surface area contributed by atoms with Crippen LogP contribution >= 0.6 is 27.5 Å². The predicted molar refractivity (Wildman–Crippen MR) is 105 cm³/mol. The van der Waals surface area contributed by atoms with E-state index in [0.29, 0.717) is 10.2 Å². The molecule has 1 aromatic rings. The molecule has 8 nitrogen and oxygen atoms in total. The highest BCUT2D eigenvalue weighted by molar-refractivity contribution is 9.10. The minimum atomic E-state index is -3.61. The van der Waals surface area contributed by atoms with Gasteiger partial charge >= 0.3 is 6.09 Å². The van der Waals surface area contributed by atoms with Crippen LogP contribution in [-0.2, 0) is 14.8 Å². The van der Waals surface area contributed by atoms with Gasteiger partial charge in [-0.1, -0.05) is 11.6 Å². The molecule has 1 aromatic heterocycles. The van der Waals surface area contributed by atoms with Crippen molar-refractivity contribution in [3.8, 4) is 0 Å². The molecule has 1 aliphatic rings. The molecule has 2 heterocycles. The fourth-order valence-corrected chi connectivity index (χ4v) is 4.74. The van der Waals surface area contributed by atoms with Crippen molar-refractivity contribution in [2.24, 2.45) is 0 Å². The summed E-state index contributed by atoms with van der Waals surface area (Å²) in [7, 11) is -3.61. The number of halogens is 2. The van der Waals surface area contributed by atoms with Gasteiger partial charge in [0.05, 0.1) is 24.9 Å². The first-order valence-corrected chi connectivity index (χ1v) is 11.2. The first kappa shape index (κ1) is 22.4. The number of nitrogens with zero attached hydrogens (tertiary/aromatic N) is 3. The summed E-state index contributed by atoms with van der Waals surface area (Å²) in [6, 6.07) is 1.81. The largest absolute Gasteiger partial charge is 0.444 e. The Morgan fingerprint density at radius 2 is 2.04 bits per heavy atom. The summed E-state index contributed by atoms with van der Waals surface area (Å²) < 4.78 is 31.8. The van der Waals surface area contributed by atoms with E-state index in [0.717, 1.165) is 6.26 Å². The highest BCUT2D eigenvalue weighted by atomic mass is 79.9. The lowest BCUT2D eigenvalue weighted by molar-refractivity contribution is -0.0124. The van der Waals surface area contributed by atoms with Gasteiger partial charge in [0.25, 0.3) is 0 Å². The molecule has 0 aromatic carbocycles. The summed E-state index contributed by atoms with van der Waals surface area (Å²) in [6.45, 7) is 4.78. The van der Waals surface area contributed by atoms with Crippen LogP contribution in [0.2, 0.25) is 5.15 Å². The summed E-state index contributed by atoms with van der Waals surface area (Å²) in [6.07, 6.45) is 0.481. The quantitative estimate of drug-likeness (QED) is 0.661. The SMILES string of the molecule is CC(C)(C)OC(=O)N1CC(c2cc(Cl)nc(Br)c2)N(S(C)(=O)=O)CC1CO. The van der Waals surface area contributed by atoms with Crippen LogP contribution in [0.5, 0.6) is 0 Å². The summed E-state index contributed by atoms with van der Waals surface area (Å²) in [5, 5.41) is 9.92. The first-order valence-electron chi connectivity index (χ1n) is 8.22. The van der Waals surface area contributed by atoms with E-state index in [1.54, 1.807) is 32.9 Å². The van der Waals surface area contributed by atoms with Crippen LogP contribution in [0.3, 0.4) is 0 Å². The number of amides is 1. The van der Waals surface area contributed by atoms with Crippen molar-refractivity contribution >= 4 is 43.6 Å². The maximum atomic E-state index is 12.6. The van der Waals surface area contributed by atoms with Crippen LogP contribution in [0, 0.1) is 0 Å². The number of hydrogen-bond donors (Lipinski definition) is 1. The van der Waals surface area contributed by atoms with Crippen LogP contribution in [0.25, 0.3) is 0 Å². The second-order valence-electron chi connectivity index (χ2n) is 7.36. The Balaban J connectivity index is 2.45. The van der Waals surface area contributed by atoms with Gasteiger partial charge in [-0.05, 0) is 54.4 Å². The molecule has 1 N–H and O–H groups in total. The van der Waals surface area contributed by atoms with Gasteiger partial charge in [-0.2, -0.15) is 4.31 Å². The van der Waals surface area contributed by atoms with Crippen LogP contribution in [-0.4, -0.2) is 71.4 Å². The van der Waals surface area contributed by atoms with Crippen LogP contribution in [0.4, 0.5) is 4.79 Å². The van der Waals surface area contributed by atoms with Gasteiger partial charge in [0.2, 0.25) is 10.0 Å². The number of ether oxygens (including phenoxy) is 1. The van der Waals surface area contributed by atoms with Crippen molar-refractivity contribution in [3.05, 3.63) is 27.5 Å². The van der Waals surface area contributed by atoms with Crippen LogP contribution in [0.1, 0.15) is 32.4 Å². The summed E-state index contributed by atoms with van der Waals surface area (Å²) >= 11 is 9.27. The third kappa shape index (κ3) is 5.77. The van der Waals surface area contributed by atoms with Gasteiger partial charge in [0.1, 0.15) is 15.4 Å². The standard InChI is InChI=1S/C16H23BrClN3O5S/c1-16(2,3)26-15(23)20-8-12(10-5-13(17)19-14(18)6-10)21(27(4,24)25)7-11(20)9-22/h5-6,11-12,22H,7-9H2,1-4H3. The molecule has 27 heavy (non-hydrogen) atoms. The lowest BCUT2D eigenvalue weighted by atomic mass is 10.0. The van der Waals surface area contributed by atoms with E-state index < -0.39 is 40.4 Å². The molecule has 2 rings (SSSR count).